The molecule has 1 aliphatic carbocycles. The average Bonchev–Trinajstić information content (AvgIpc) is 2.82. The lowest BCUT2D eigenvalue weighted by Crippen LogP contribution is -2.01. The van der Waals surface area contributed by atoms with Crippen LogP contribution in [-0.4, -0.2) is 17.2 Å². The Kier molecular flexibility index (Phi) is 1.64. The molecule has 2 N–H and O–H groups in total. The Bertz CT molecular complexity index is 469. The number of aromatic amines is 1. The van der Waals surface area contributed by atoms with E-state index in [2.05, 4.69) is 27.0 Å². The third-order valence-corrected chi connectivity index (χ3v) is 3.70. The Morgan fingerprint density at radius 1 is 1.50 bits per heavy atom. The number of anilines is 1. The lowest BCUT2D eigenvalue weighted by atomic mass is 9.96. The second-order valence-corrected chi connectivity index (χ2v) is 4.43. The van der Waals surface area contributed by atoms with Crippen molar-refractivity contribution in [2.24, 2.45) is 0 Å². The predicted molar refractivity (Wildman–Crippen MR) is 58.9 cm³/mol. The number of aromatic nitrogens is 2. The van der Waals surface area contributed by atoms with Crippen molar-refractivity contribution >= 4 is 17.2 Å². The second kappa shape index (κ2) is 2.85. The van der Waals surface area contributed by atoms with Crippen LogP contribution in [0, 0.1) is 0 Å². The molecule has 0 unspecified atom stereocenters. The van der Waals surface area contributed by atoms with Crippen molar-refractivity contribution in [2.75, 3.05) is 12.4 Å². The van der Waals surface area contributed by atoms with Gasteiger partial charge in [0.25, 0.3) is 0 Å². The van der Waals surface area contributed by atoms with E-state index in [1.807, 2.05) is 18.4 Å². The number of hydrogen-bond donors (Lipinski definition) is 2. The van der Waals surface area contributed by atoms with Crippen LogP contribution in [0.1, 0.15) is 10.4 Å². The smallest absolute Gasteiger partial charge is 0.151 e. The number of nitrogens with one attached hydrogen (secondary N) is 2. The molecule has 0 aromatic carbocycles. The molecule has 0 bridgehead atoms. The first kappa shape index (κ1) is 8.05. The summed E-state index contributed by atoms with van der Waals surface area (Å²) in [5, 5.41) is 12.6. The van der Waals surface area contributed by atoms with Gasteiger partial charge in [0.05, 0.1) is 5.69 Å². The topological polar surface area (TPSA) is 40.7 Å². The quantitative estimate of drug-likeness (QED) is 0.750. The maximum atomic E-state index is 4.26. The molecule has 72 valence electrons. The summed E-state index contributed by atoms with van der Waals surface area (Å²) in [6, 6.07) is 2.18. The van der Waals surface area contributed by atoms with E-state index in [0.29, 0.717) is 0 Å². The number of H-pyrrole nitrogens is 1. The third kappa shape index (κ3) is 0.944. The van der Waals surface area contributed by atoms with Gasteiger partial charge in [0.15, 0.2) is 5.82 Å². The highest BCUT2D eigenvalue weighted by Crippen LogP contribution is 2.37. The number of rotatable bonds is 1. The largest absolute Gasteiger partial charge is 0.371 e. The van der Waals surface area contributed by atoms with Crippen LogP contribution in [0.25, 0.3) is 11.3 Å². The van der Waals surface area contributed by atoms with E-state index < -0.39 is 0 Å². The maximum absolute atomic E-state index is 4.26. The van der Waals surface area contributed by atoms with Gasteiger partial charge in [-0.05, 0) is 24.3 Å². The lowest BCUT2D eigenvalue weighted by molar-refractivity contribution is 0.965. The van der Waals surface area contributed by atoms with Crippen molar-refractivity contribution in [2.45, 2.75) is 12.8 Å². The van der Waals surface area contributed by atoms with E-state index >= 15 is 0 Å². The van der Waals surface area contributed by atoms with Gasteiger partial charge in [0.1, 0.15) is 0 Å². The summed E-state index contributed by atoms with van der Waals surface area (Å²) in [6.45, 7) is 0. The number of hydrogen-bond acceptors (Lipinski definition) is 3. The summed E-state index contributed by atoms with van der Waals surface area (Å²) in [5.41, 5.74) is 3.88. The van der Waals surface area contributed by atoms with Crippen LogP contribution in [-0.2, 0) is 12.8 Å². The standard InChI is InChI=1S/C10H11N3S/c1-11-10-7-2-3-8-6(4-5-14-8)9(7)12-13-10/h4-5H,2-3H2,1H3,(H2,11,12,13). The van der Waals surface area contributed by atoms with E-state index in [1.165, 1.54) is 21.7 Å². The number of aryl methyl sites for hydroxylation is 1. The van der Waals surface area contributed by atoms with Crippen molar-refractivity contribution in [3.63, 3.8) is 0 Å². The van der Waals surface area contributed by atoms with Crippen LogP contribution in [0.5, 0.6) is 0 Å². The summed E-state index contributed by atoms with van der Waals surface area (Å²) < 4.78 is 0. The van der Waals surface area contributed by atoms with Gasteiger partial charge in [-0.3, -0.25) is 5.10 Å². The van der Waals surface area contributed by atoms with Crippen molar-refractivity contribution in [3.05, 3.63) is 21.9 Å². The van der Waals surface area contributed by atoms with Crippen molar-refractivity contribution in [1.29, 1.82) is 0 Å². The van der Waals surface area contributed by atoms with Crippen LogP contribution < -0.4 is 5.32 Å². The molecule has 0 saturated heterocycles. The van der Waals surface area contributed by atoms with Gasteiger partial charge in [0, 0.05) is 23.1 Å². The predicted octanol–water partition coefficient (Wildman–Crippen LogP) is 2.28. The minimum atomic E-state index is 0.997. The second-order valence-electron chi connectivity index (χ2n) is 3.43. The molecule has 1 aliphatic rings. The van der Waals surface area contributed by atoms with Gasteiger partial charge in [-0.25, -0.2) is 0 Å². The molecule has 4 heteroatoms. The number of fused-ring (bicyclic) bond motifs is 3. The fourth-order valence-electron chi connectivity index (χ4n) is 2.03. The minimum Gasteiger partial charge on any atom is -0.371 e. The average molecular weight is 205 g/mol. The van der Waals surface area contributed by atoms with Crippen LogP contribution in [0.4, 0.5) is 5.82 Å². The highest BCUT2D eigenvalue weighted by atomic mass is 32.1. The summed E-state index contributed by atoms with van der Waals surface area (Å²) in [6.07, 6.45) is 2.24. The Morgan fingerprint density at radius 2 is 2.43 bits per heavy atom. The molecular formula is C10H11N3S. The summed E-state index contributed by atoms with van der Waals surface area (Å²) in [5.74, 6) is 0.997. The number of thiophene rings is 1. The molecule has 0 amide bonds. The summed E-state index contributed by atoms with van der Waals surface area (Å²) >= 11 is 1.84. The third-order valence-electron chi connectivity index (χ3n) is 2.72. The molecule has 2 aromatic heterocycles. The van der Waals surface area contributed by atoms with Crippen LogP contribution >= 0.6 is 11.3 Å². The molecule has 3 nitrogen and oxygen atoms in total. The minimum absolute atomic E-state index is 0.997. The van der Waals surface area contributed by atoms with Crippen LogP contribution in [0.3, 0.4) is 0 Å². The van der Waals surface area contributed by atoms with Crippen molar-refractivity contribution < 1.29 is 0 Å². The molecule has 0 spiro atoms. The van der Waals surface area contributed by atoms with Crippen LogP contribution in [0.2, 0.25) is 0 Å². The zero-order chi connectivity index (χ0) is 9.54. The van der Waals surface area contributed by atoms with Crippen molar-refractivity contribution in [1.82, 2.24) is 10.2 Å². The van der Waals surface area contributed by atoms with Gasteiger partial charge in [-0.15, -0.1) is 11.3 Å². The van der Waals surface area contributed by atoms with Gasteiger partial charge >= 0.3 is 0 Å². The Morgan fingerprint density at radius 3 is 3.29 bits per heavy atom. The molecule has 0 aliphatic heterocycles. The van der Waals surface area contributed by atoms with E-state index in [1.54, 1.807) is 0 Å². The Labute approximate surface area is 86.2 Å². The van der Waals surface area contributed by atoms with E-state index in [0.717, 1.165) is 18.7 Å². The summed E-state index contributed by atoms with van der Waals surface area (Å²) in [4.78, 5) is 1.48. The highest BCUT2D eigenvalue weighted by Gasteiger charge is 2.21. The SMILES string of the molecule is CNc1n[nH]c2c1CCc1sccc1-2. The van der Waals surface area contributed by atoms with Gasteiger partial charge in [-0.1, -0.05) is 0 Å². The molecular weight excluding hydrogens is 194 g/mol. The molecule has 3 rings (SSSR count). The molecule has 2 aromatic rings. The molecule has 0 radical (unpaired) electrons. The summed E-state index contributed by atoms with van der Waals surface area (Å²) in [7, 11) is 1.92. The lowest BCUT2D eigenvalue weighted by Gasteiger charge is -2.11. The molecule has 14 heavy (non-hydrogen) atoms. The van der Waals surface area contributed by atoms with Crippen molar-refractivity contribution in [3.8, 4) is 11.3 Å². The fourth-order valence-corrected chi connectivity index (χ4v) is 2.92. The van der Waals surface area contributed by atoms with E-state index in [-0.39, 0.29) is 0 Å². The molecule has 0 atom stereocenters. The fraction of sp³-hybridized carbons (Fsp3) is 0.300. The zero-order valence-corrected chi connectivity index (χ0v) is 8.74. The first-order chi connectivity index (χ1) is 6.90. The monoisotopic (exact) mass is 205 g/mol. The Hall–Kier alpha value is -1.29. The molecule has 0 saturated carbocycles. The zero-order valence-electron chi connectivity index (χ0n) is 7.92. The highest BCUT2D eigenvalue weighted by molar-refractivity contribution is 7.10. The van der Waals surface area contributed by atoms with Gasteiger partial charge < -0.3 is 5.32 Å². The molecule has 2 heterocycles. The first-order valence-corrected chi connectivity index (χ1v) is 5.60. The maximum Gasteiger partial charge on any atom is 0.151 e. The van der Waals surface area contributed by atoms with E-state index in [4.69, 9.17) is 0 Å². The normalized spacial score (nSPS) is 13.5. The molecule has 0 fully saturated rings. The van der Waals surface area contributed by atoms with E-state index in [9.17, 15) is 0 Å². The Balaban J connectivity index is 2.22. The van der Waals surface area contributed by atoms with Gasteiger partial charge in [0.2, 0.25) is 0 Å². The first-order valence-electron chi connectivity index (χ1n) is 4.72. The van der Waals surface area contributed by atoms with Crippen LogP contribution in [0.15, 0.2) is 11.4 Å². The number of nitrogens with zero attached hydrogens (tertiary/aromatic N) is 1. The van der Waals surface area contributed by atoms with Gasteiger partial charge in [-0.2, -0.15) is 5.10 Å².